The lowest BCUT2D eigenvalue weighted by molar-refractivity contribution is -0.201. The summed E-state index contributed by atoms with van der Waals surface area (Å²) in [6, 6.07) is 0. The summed E-state index contributed by atoms with van der Waals surface area (Å²) in [6.07, 6.45) is -2.47. The lowest BCUT2D eigenvalue weighted by Gasteiger charge is -2.23. The van der Waals surface area contributed by atoms with Crippen LogP contribution in [0.5, 0.6) is 0 Å². The van der Waals surface area contributed by atoms with E-state index in [0.29, 0.717) is 0 Å². The Bertz CT molecular complexity index is 187. The normalized spacial score (nSPS) is 32.5. The number of ketones is 2. The van der Waals surface area contributed by atoms with Gasteiger partial charge in [-0.2, -0.15) is 0 Å². The number of carbonyl (C=O) groups is 2. The summed E-state index contributed by atoms with van der Waals surface area (Å²) in [7, 11) is 1.29. The van der Waals surface area contributed by atoms with E-state index in [9.17, 15) is 9.59 Å². The maximum Gasteiger partial charge on any atom is 0.234 e. The first-order chi connectivity index (χ1) is 5.16. The third-order valence-corrected chi connectivity index (χ3v) is 1.41. The fourth-order valence-corrected chi connectivity index (χ4v) is 0.806. The molecule has 1 aliphatic rings. The van der Waals surface area contributed by atoms with Crippen molar-refractivity contribution in [1.29, 1.82) is 0 Å². The van der Waals surface area contributed by atoms with Crippen molar-refractivity contribution < 1.29 is 24.2 Å². The second-order valence-corrected chi connectivity index (χ2v) is 2.15. The summed E-state index contributed by atoms with van der Waals surface area (Å²) >= 11 is 0. The maximum atomic E-state index is 10.7. The third-order valence-electron chi connectivity index (χ3n) is 1.41. The number of aliphatic hydroxyl groups is 1. The van der Waals surface area contributed by atoms with Crippen molar-refractivity contribution in [2.24, 2.45) is 0 Å². The first kappa shape index (κ1) is 8.32. The molecule has 0 aromatic carbocycles. The number of aliphatic hydroxyl groups excluding tert-OH is 1. The molecule has 0 aromatic heterocycles. The van der Waals surface area contributed by atoms with Gasteiger partial charge in [-0.25, -0.2) is 0 Å². The van der Waals surface area contributed by atoms with Crippen LogP contribution in [0.2, 0.25) is 0 Å². The van der Waals surface area contributed by atoms with Gasteiger partial charge < -0.3 is 14.6 Å². The highest BCUT2D eigenvalue weighted by atomic mass is 16.7. The molecule has 0 saturated carbocycles. The van der Waals surface area contributed by atoms with Gasteiger partial charge in [0.05, 0.1) is 0 Å². The first-order valence-electron chi connectivity index (χ1n) is 3.06. The highest BCUT2D eigenvalue weighted by Crippen LogP contribution is 2.08. The molecule has 0 unspecified atom stereocenters. The Kier molecular flexibility index (Phi) is 2.33. The first-order valence-corrected chi connectivity index (χ1v) is 3.06. The van der Waals surface area contributed by atoms with Crippen LogP contribution >= 0.6 is 0 Å². The quantitative estimate of drug-likeness (QED) is 0.472. The van der Waals surface area contributed by atoms with Gasteiger partial charge in [-0.05, 0) is 0 Å². The Morgan fingerprint density at radius 1 is 1.64 bits per heavy atom. The van der Waals surface area contributed by atoms with E-state index < -0.39 is 24.0 Å². The van der Waals surface area contributed by atoms with Gasteiger partial charge in [-0.15, -0.1) is 0 Å². The van der Waals surface area contributed by atoms with Crippen LogP contribution < -0.4 is 0 Å². The molecule has 2 atom stereocenters. The molecule has 0 radical (unpaired) electrons. The molecule has 1 rings (SSSR count). The summed E-state index contributed by atoms with van der Waals surface area (Å²) < 4.78 is 9.26. The maximum absolute atomic E-state index is 10.7. The smallest absolute Gasteiger partial charge is 0.234 e. The van der Waals surface area contributed by atoms with Crippen LogP contribution in [0.25, 0.3) is 0 Å². The molecule has 5 nitrogen and oxygen atoms in total. The predicted molar refractivity (Wildman–Crippen MR) is 32.8 cm³/mol. The molecule has 1 saturated heterocycles. The van der Waals surface area contributed by atoms with Crippen molar-refractivity contribution in [3.8, 4) is 0 Å². The number of Topliss-reactive ketones (excluding diaryl/α,β-unsaturated/α-hetero) is 2. The van der Waals surface area contributed by atoms with Crippen molar-refractivity contribution >= 4 is 11.6 Å². The third kappa shape index (κ3) is 1.45. The zero-order chi connectivity index (χ0) is 8.43. The van der Waals surface area contributed by atoms with Gasteiger partial charge in [0.1, 0.15) is 6.61 Å². The predicted octanol–water partition coefficient (Wildman–Crippen LogP) is -1.51. The van der Waals surface area contributed by atoms with E-state index >= 15 is 0 Å². The number of carbonyl (C=O) groups excluding carboxylic acids is 2. The molecule has 1 aliphatic heterocycles. The van der Waals surface area contributed by atoms with Gasteiger partial charge >= 0.3 is 0 Å². The second kappa shape index (κ2) is 3.08. The number of ether oxygens (including phenoxy) is 2. The summed E-state index contributed by atoms with van der Waals surface area (Å²) in [6.45, 7) is -0.311. The molecule has 11 heavy (non-hydrogen) atoms. The van der Waals surface area contributed by atoms with Gasteiger partial charge in [-0.1, -0.05) is 0 Å². The lowest BCUT2D eigenvalue weighted by Crippen LogP contribution is -2.48. The fraction of sp³-hybridized carbons (Fsp3) is 0.667. The highest BCUT2D eigenvalue weighted by Gasteiger charge is 2.36. The highest BCUT2D eigenvalue weighted by molar-refractivity contribution is 6.39. The SMILES string of the molecule is CO[C@H]1OCC(=O)C(=O)[C@@H]1O. The Morgan fingerprint density at radius 3 is 2.82 bits per heavy atom. The monoisotopic (exact) mass is 160 g/mol. The molecule has 0 amide bonds. The molecule has 0 bridgehead atoms. The van der Waals surface area contributed by atoms with Crippen molar-refractivity contribution in [2.75, 3.05) is 13.7 Å². The lowest BCUT2D eigenvalue weighted by atomic mass is 10.1. The Hall–Kier alpha value is -0.780. The van der Waals surface area contributed by atoms with Crippen LogP contribution in [-0.2, 0) is 19.1 Å². The standard InChI is InChI=1S/C6H8O5/c1-10-6-5(9)4(8)3(7)2-11-6/h5-6,9H,2H2,1H3/t5-,6-/m0/s1. The Balaban J connectivity index is 2.66. The van der Waals surface area contributed by atoms with Crippen molar-refractivity contribution in [2.45, 2.75) is 12.4 Å². The average molecular weight is 160 g/mol. The number of methoxy groups -OCH3 is 1. The van der Waals surface area contributed by atoms with Gasteiger partial charge in [0.25, 0.3) is 0 Å². The van der Waals surface area contributed by atoms with Gasteiger partial charge in [0.15, 0.2) is 12.4 Å². The minimum atomic E-state index is -1.47. The molecule has 0 spiro atoms. The van der Waals surface area contributed by atoms with Gasteiger partial charge in [-0.3, -0.25) is 9.59 Å². The summed E-state index contributed by atoms with van der Waals surface area (Å²) in [4.78, 5) is 21.3. The van der Waals surface area contributed by atoms with E-state index in [0.717, 1.165) is 0 Å². The zero-order valence-electron chi connectivity index (χ0n) is 5.94. The van der Waals surface area contributed by atoms with E-state index in [1.807, 2.05) is 0 Å². The van der Waals surface area contributed by atoms with Gasteiger partial charge in [0.2, 0.25) is 11.6 Å². The van der Waals surface area contributed by atoms with Crippen LogP contribution in [0, 0.1) is 0 Å². The molecular formula is C6H8O5. The summed E-state index contributed by atoms with van der Waals surface area (Å²) in [5.41, 5.74) is 0. The molecule has 62 valence electrons. The van der Waals surface area contributed by atoms with E-state index in [4.69, 9.17) is 5.11 Å². The molecule has 1 fully saturated rings. The van der Waals surface area contributed by atoms with Gasteiger partial charge in [0, 0.05) is 7.11 Å². The largest absolute Gasteiger partial charge is 0.380 e. The minimum absolute atomic E-state index is 0.311. The van der Waals surface area contributed by atoms with Crippen LogP contribution in [0.4, 0.5) is 0 Å². The van der Waals surface area contributed by atoms with E-state index in [2.05, 4.69) is 9.47 Å². The molecule has 1 heterocycles. The summed E-state index contributed by atoms with van der Waals surface area (Å²) in [5.74, 6) is -1.56. The average Bonchev–Trinajstić information content (AvgIpc) is 2.01. The molecule has 5 heteroatoms. The molecule has 0 aliphatic carbocycles. The zero-order valence-corrected chi connectivity index (χ0v) is 5.94. The van der Waals surface area contributed by atoms with Crippen LogP contribution in [0.3, 0.4) is 0 Å². The number of hydrogen-bond donors (Lipinski definition) is 1. The van der Waals surface area contributed by atoms with E-state index in [1.165, 1.54) is 7.11 Å². The van der Waals surface area contributed by atoms with Crippen LogP contribution in [0.1, 0.15) is 0 Å². The molecule has 0 aromatic rings. The molecular weight excluding hydrogens is 152 g/mol. The fourth-order valence-electron chi connectivity index (χ4n) is 0.806. The van der Waals surface area contributed by atoms with Crippen LogP contribution in [0.15, 0.2) is 0 Å². The Morgan fingerprint density at radius 2 is 2.27 bits per heavy atom. The van der Waals surface area contributed by atoms with E-state index in [-0.39, 0.29) is 6.61 Å². The van der Waals surface area contributed by atoms with Crippen molar-refractivity contribution in [3.63, 3.8) is 0 Å². The van der Waals surface area contributed by atoms with Crippen LogP contribution in [-0.4, -0.2) is 42.8 Å². The second-order valence-electron chi connectivity index (χ2n) is 2.15. The minimum Gasteiger partial charge on any atom is -0.380 e. The number of hydrogen-bond acceptors (Lipinski definition) is 5. The van der Waals surface area contributed by atoms with E-state index in [1.54, 1.807) is 0 Å². The van der Waals surface area contributed by atoms with Crippen molar-refractivity contribution in [3.05, 3.63) is 0 Å². The number of rotatable bonds is 1. The summed E-state index contributed by atoms with van der Waals surface area (Å²) in [5, 5.41) is 8.99. The Labute approximate surface area is 62.9 Å². The topological polar surface area (TPSA) is 72.8 Å². The van der Waals surface area contributed by atoms with Crippen molar-refractivity contribution in [1.82, 2.24) is 0 Å². The molecule has 1 N–H and O–H groups in total.